The lowest BCUT2D eigenvalue weighted by Gasteiger charge is -2.15. The maximum absolute atomic E-state index is 12.0. The van der Waals surface area contributed by atoms with Crippen molar-refractivity contribution in [3.63, 3.8) is 0 Å². The van der Waals surface area contributed by atoms with Crippen LogP contribution in [0, 0.1) is 5.92 Å². The molecule has 0 spiro atoms. The van der Waals surface area contributed by atoms with E-state index in [-0.39, 0.29) is 5.97 Å². The second kappa shape index (κ2) is 8.57. The molecular weight excluding hydrogens is 240 g/mol. The van der Waals surface area contributed by atoms with Crippen LogP contribution in [0.1, 0.15) is 49.9 Å². The molecule has 0 aliphatic heterocycles. The van der Waals surface area contributed by atoms with Gasteiger partial charge in [-0.2, -0.15) is 0 Å². The van der Waals surface area contributed by atoms with Crippen LogP contribution in [-0.2, 0) is 4.74 Å². The summed E-state index contributed by atoms with van der Waals surface area (Å²) in [6, 6.07) is 7.15. The van der Waals surface area contributed by atoms with Crippen molar-refractivity contribution in [3.05, 3.63) is 29.8 Å². The van der Waals surface area contributed by atoms with E-state index in [9.17, 15) is 4.79 Å². The summed E-state index contributed by atoms with van der Waals surface area (Å²) in [6.07, 6.45) is 4.52. The Balaban J connectivity index is 2.54. The third-order valence-electron chi connectivity index (χ3n) is 3.32. The number of ether oxygens (including phenoxy) is 2. The minimum Gasteiger partial charge on any atom is -0.496 e. The van der Waals surface area contributed by atoms with Crippen molar-refractivity contribution in [2.45, 2.75) is 39.5 Å². The summed E-state index contributed by atoms with van der Waals surface area (Å²) in [4.78, 5) is 12.0. The van der Waals surface area contributed by atoms with E-state index >= 15 is 0 Å². The average Bonchev–Trinajstić information content (AvgIpc) is 2.47. The molecule has 0 bridgehead atoms. The van der Waals surface area contributed by atoms with Crippen LogP contribution in [-0.4, -0.2) is 19.7 Å². The molecule has 0 heterocycles. The highest BCUT2D eigenvalue weighted by Gasteiger charge is 2.15. The summed E-state index contributed by atoms with van der Waals surface area (Å²) in [5, 5.41) is 0. The van der Waals surface area contributed by atoms with E-state index in [1.54, 1.807) is 19.2 Å². The lowest BCUT2D eigenvalue weighted by Crippen LogP contribution is -2.14. The number of benzene rings is 1. The van der Waals surface area contributed by atoms with Gasteiger partial charge in [-0.3, -0.25) is 0 Å². The molecule has 0 fully saturated rings. The molecule has 3 nitrogen and oxygen atoms in total. The van der Waals surface area contributed by atoms with Crippen LogP contribution in [0.2, 0.25) is 0 Å². The molecule has 3 heteroatoms. The van der Waals surface area contributed by atoms with Crippen LogP contribution in [0.3, 0.4) is 0 Å². The van der Waals surface area contributed by atoms with Crippen molar-refractivity contribution < 1.29 is 14.3 Å². The zero-order valence-electron chi connectivity index (χ0n) is 12.1. The molecule has 1 aromatic carbocycles. The van der Waals surface area contributed by atoms with Gasteiger partial charge in [0.2, 0.25) is 0 Å². The third-order valence-corrected chi connectivity index (χ3v) is 3.32. The van der Waals surface area contributed by atoms with E-state index in [2.05, 4.69) is 13.8 Å². The van der Waals surface area contributed by atoms with Gasteiger partial charge in [0.25, 0.3) is 0 Å². The maximum atomic E-state index is 12.0. The number of rotatable bonds is 8. The van der Waals surface area contributed by atoms with Crippen LogP contribution in [0.15, 0.2) is 24.3 Å². The molecule has 0 radical (unpaired) electrons. The molecule has 19 heavy (non-hydrogen) atoms. The Kier molecular flexibility index (Phi) is 7.01. The Morgan fingerprint density at radius 3 is 2.63 bits per heavy atom. The van der Waals surface area contributed by atoms with Crippen LogP contribution in [0.4, 0.5) is 0 Å². The molecule has 1 atom stereocenters. The zero-order chi connectivity index (χ0) is 14.1. The summed E-state index contributed by atoms with van der Waals surface area (Å²) < 4.78 is 10.6. The molecule has 1 aromatic rings. The molecular formula is C16H24O3. The Morgan fingerprint density at radius 2 is 2.00 bits per heavy atom. The molecule has 0 saturated heterocycles. The number of hydrogen-bond acceptors (Lipinski definition) is 3. The van der Waals surface area contributed by atoms with E-state index in [1.807, 2.05) is 12.1 Å². The minimum atomic E-state index is -0.299. The van der Waals surface area contributed by atoms with Crippen LogP contribution < -0.4 is 4.74 Å². The van der Waals surface area contributed by atoms with Crippen molar-refractivity contribution >= 4 is 5.97 Å². The second-order valence-corrected chi connectivity index (χ2v) is 4.72. The van der Waals surface area contributed by atoms with E-state index in [0.29, 0.717) is 23.8 Å². The summed E-state index contributed by atoms with van der Waals surface area (Å²) in [5.74, 6) is 0.722. The van der Waals surface area contributed by atoms with Gasteiger partial charge in [-0.15, -0.1) is 0 Å². The molecule has 0 N–H and O–H groups in total. The summed E-state index contributed by atoms with van der Waals surface area (Å²) in [7, 11) is 1.56. The molecule has 106 valence electrons. The van der Waals surface area contributed by atoms with Gasteiger partial charge >= 0.3 is 5.97 Å². The molecule has 0 amide bonds. The van der Waals surface area contributed by atoms with Crippen molar-refractivity contribution in [2.24, 2.45) is 5.92 Å². The van der Waals surface area contributed by atoms with Gasteiger partial charge in [-0.05, 0) is 24.5 Å². The monoisotopic (exact) mass is 264 g/mol. The minimum absolute atomic E-state index is 0.299. The van der Waals surface area contributed by atoms with Crippen molar-refractivity contribution in [2.75, 3.05) is 13.7 Å². The van der Waals surface area contributed by atoms with E-state index in [1.165, 1.54) is 12.8 Å². The highest BCUT2D eigenvalue weighted by atomic mass is 16.5. The number of esters is 1. The van der Waals surface area contributed by atoms with Gasteiger partial charge in [0.05, 0.1) is 13.7 Å². The lowest BCUT2D eigenvalue weighted by molar-refractivity contribution is 0.0424. The van der Waals surface area contributed by atoms with Crippen LogP contribution in [0.5, 0.6) is 5.75 Å². The molecule has 0 aliphatic carbocycles. The lowest BCUT2D eigenvalue weighted by atomic mass is 10.0. The average molecular weight is 264 g/mol. The highest BCUT2D eigenvalue weighted by molar-refractivity contribution is 5.92. The zero-order valence-corrected chi connectivity index (χ0v) is 12.1. The smallest absolute Gasteiger partial charge is 0.341 e. The standard InChI is InChI=1S/C16H24O3/c1-4-6-9-13(5-2)12-19-16(17)14-10-7-8-11-15(14)18-3/h7-8,10-11,13H,4-6,9,12H2,1-3H3. The SMILES string of the molecule is CCCCC(CC)COC(=O)c1ccccc1OC. The molecule has 1 rings (SSSR count). The van der Waals surface area contributed by atoms with Gasteiger partial charge in [0.1, 0.15) is 11.3 Å². The fourth-order valence-corrected chi connectivity index (χ4v) is 1.98. The van der Waals surface area contributed by atoms with Gasteiger partial charge in [-0.25, -0.2) is 4.79 Å². The Morgan fingerprint density at radius 1 is 1.26 bits per heavy atom. The van der Waals surface area contributed by atoms with E-state index in [4.69, 9.17) is 9.47 Å². The van der Waals surface area contributed by atoms with Crippen LogP contribution in [0.25, 0.3) is 0 Å². The summed E-state index contributed by atoms with van der Waals surface area (Å²) in [5.41, 5.74) is 0.496. The Hall–Kier alpha value is -1.51. The predicted molar refractivity (Wildman–Crippen MR) is 76.6 cm³/mol. The van der Waals surface area contributed by atoms with Crippen LogP contribution >= 0.6 is 0 Å². The third kappa shape index (κ3) is 4.93. The first-order valence-electron chi connectivity index (χ1n) is 7.03. The van der Waals surface area contributed by atoms with Gasteiger partial charge in [0, 0.05) is 0 Å². The van der Waals surface area contributed by atoms with Crippen molar-refractivity contribution in [1.29, 1.82) is 0 Å². The maximum Gasteiger partial charge on any atom is 0.341 e. The van der Waals surface area contributed by atoms with Gasteiger partial charge in [0.15, 0.2) is 0 Å². The summed E-state index contributed by atoms with van der Waals surface area (Å²) >= 11 is 0. The number of carbonyl (C=O) groups is 1. The fourth-order valence-electron chi connectivity index (χ4n) is 1.98. The van der Waals surface area contributed by atoms with Crippen molar-refractivity contribution in [1.82, 2.24) is 0 Å². The van der Waals surface area contributed by atoms with Gasteiger partial charge < -0.3 is 9.47 Å². The first-order chi connectivity index (χ1) is 9.22. The van der Waals surface area contributed by atoms with Crippen molar-refractivity contribution in [3.8, 4) is 5.75 Å². The Bertz CT molecular complexity index is 387. The molecule has 0 aliphatic rings. The molecule has 0 aromatic heterocycles. The first kappa shape index (κ1) is 15.5. The topological polar surface area (TPSA) is 35.5 Å². The Labute approximate surface area is 115 Å². The predicted octanol–water partition coefficient (Wildman–Crippen LogP) is 4.07. The quantitative estimate of drug-likeness (QED) is 0.664. The number of carbonyl (C=O) groups excluding carboxylic acids is 1. The largest absolute Gasteiger partial charge is 0.496 e. The second-order valence-electron chi connectivity index (χ2n) is 4.72. The number of unbranched alkanes of at least 4 members (excludes halogenated alkanes) is 1. The number of para-hydroxylation sites is 1. The number of methoxy groups -OCH3 is 1. The van der Waals surface area contributed by atoms with E-state index in [0.717, 1.165) is 12.8 Å². The molecule has 1 unspecified atom stereocenters. The highest BCUT2D eigenvalue weighted by Crippen LogP contribution is 2.19. The van der Waals surface area contributed by atoms with Gasteiger partial charge in [-0.1, -0.05) is 45.2 Å². The summed E-state index contributed by atoms with van der Waals surface area (Å²) in [6.45, 7) is 4.80. The normalized spacial score (nSPS) is 11.9. The fraction of sp³-hybridized carbons (Fsp3) is 0.562. The first-order valence-corrected chi connectivity index (χ1v) is 7.03. The number of hydrogen-bond donors (Lipinski definition) is 0. The molecule has 0 saturated carbocycles. The van der Waals surface area contributed by atoms with E-state index < -0.39 is 0 Å².